The molecule has 0 bridgehead atoms. The summed E-state index contributed by atoms with van der Waals surface area (Å²) in [6.45, 7) is 6.37. The normalized spacial score (nSPS) is 10.1. The van der Waals surface area contributed by atoms with Crippen LogP contribution in [-0.4, -0.2) is 51.3 Å². The Bertz CT molecular complexity index is 777. The van der Waals surface area contributed by atoms with Crippen LogP contribution >= 0.6 is 24.8 Å². The van der Waals surface area contributed by atoms with E-state index in [0.717, 1.165) is 50.1 Å². The second-order valence-corrected chi connectivity index (χ2v) is 9.16. The maximum atomic E-state index is 11.8. The summed E-state index contributed by atoms with van der Waals surface area (Å²) < 4.78 is 0. The van der Waals surface area contributed by atoms with Gasteiger partial charge in [0.05, 0.1) is 0 Å². The fraction of sp³-hybridized carbons (Fsp3) is 0.517. The molecule has 0 saturated heterocycles. The van der Waals surface area contributed by atoms with Crippen LogP contribution in [0, 0.1) is 0 Å². The molecule has 0 aliphatic rings. The van der Waals surface area contributed by atoms with Crippen LogP contribution in [0.25, 0.3) is 0 Å². The van der Waals surface area contributed by atoms with Gasteiger partial charge in [-0.15, -0.1) is 24.8 Å². The Hall–Kier alpha value is -2.52. The van der Waals surface area contributed by atoms with Gasteiger partial charge in [-0.2, -0.15) is 0 Å². The number of carbonyl (C=O) groups excluding carboxylic acids is 2. The lowest BCUT2D eigenvalue weighted by atomic mass is 10.1. The van der Waals surface area contributed by atoms with Gasteiger partial charge in [-0.25, -0.2) is 9.59 Å². The third-order valence-electron chi connectivity index (χ3n) is 5.93. The number of carbonyl (C=O) groups is 2. The van der Waals surface area contributed by atoms with Crippen molar-refractivity contribution in [2.24, 2.45) is 0 Å². The second kappa shape index (κ2) is 25.7. The van der Waals surface area contributed by atoms with Crippen LogP contribution in [0.2, 0.25) is 0 Å². The van der Waals surface area contributed by atoms with Crippen molar-refractivity contribution in [2.75, 3.05) is 39.3 Å². The third-order valence-corrected chi connectivity index (χ3v) is 5.93. The largest absolute Gasteiger partial charge is 0.338 e. The lowest BCUT2D eigenvalue weighted by molar-refractivity contribution is 0.239. The van der Waals surface area contributed by atoms with Crippen LogP contribution in [0.3, 0.4) is 0 Å². The Kier molecular flexibility index (Phi) is 24.1. The first-order valence-corrected chi connectivity index (χ1v) is 13.8. The molecular formula is C29H48Cl2N6O2. The van der Waals surface area contributed by atoms with E-state index in [4.69, 9.17) is 0 Å². The molecule has 2 aromatic rings. The predicted octanol–water partition coefficient (Wildman–Crippen LogP) is 4.74. The zero-order valence-corrected chi connectivity index (χ0v) is 24.6. The van der Waals surface area contributed by atoms with E-state index in [1.807, 2.05) is 60.7 Å². The predicted molar refractivity (Wildman–Crippen MR) is 166 cm³/mol. The summed E-state index contributed by atoms with van der Waals surface area (Å²) in [5, 5.41) is 18.4. The Labute approximate surface area is 247 Å². The highest BCUT2D eigenvalue weighted by molar-refractivity contribution is 5.85. The summed E-state index contributed by atoms with van der Waals surface area (Å²) in [6, 6.07) is 19.6. The molecule has 0 atom stereocenters. The monoisotopic (exact) mass is 582 g/mol. The molecule has 0 spiro atoms. The molecule has 0 radical (unpaired) electrons. The van der Waals surface area contributed by atoms with Crippen LogP contribution < -0.4 is 31.9 Å². The Morgan fingerprint density at radius 2 is 0.795 bits per heavy atom. The molecule has 6 N–H and O–H groups in total. The molecule has 2 rings (SSSR count). The van der Waals surface area contributed by atoms with Gasteiger partial charge in [-0.05, 0) is 63.0 Å². The van der Waals surface area contributed by atoms with Gasteiger partial charge in [-0.3, -0.25) is 0 Å². The highest BCUT2D eigenvalue weighted by Crippen LogP contribution is 2.02. The molecule has 2 aromatic carbocycles. The molecule has 8 nitrogen and oxygen atoms in total. The van der Waals surface area contributed by atoms with Gasteiger partial charge in [0, 0.05) is 26.2 Å². The number of nitrogens with one attached hydrogen (secondary N) is 6. The zero-order valence-electron chi connectivity index (χ0n) is 23.0. The van der Waals surface area contributed by atoms with Crippen LogP contribution in [0.4, 0.5) is 9.59 Å². The number of halogens is 2. The van der Waals surface area contributed by atoms with Gasteiger partial charge in [0.1, 0.15) is 0 Å². The van der Waals surface area contributed by atoms with E-state index < -0.39 is 0 Å². The number of urea groups is 2. The molecule has 0 aliphatic carbocycles. The molecule has 0 unspecified atom stereocenters. The van der Waals surface area contributed by atoms with E-state index in [-0.39, 0.29) is 36.9 Å². The highest BCUT2D eigenvalue weighted by atomic mass is 35.5. The molecule has 0 aliphatic heterocycles. The molecule has 0 saturated carbocycles. The Balaban J connectivity index is 0.00000722. The lowest BCUT2D eigenvalue weighted by Crippen LogP contribution is -2.36. The number of hydrogen-bond acceptors (Lipinski definition) is 4. The van der Waals surface area contributed by atoms with Crippen molar-refractivity contribution in [2.45, 2.75) is 58.0 Å². The Morgan fingerprint density at radius 3 is 1.21 bits per heavy atom. The quantitative estimate of drug-likeness (QED) is 0.127. The minimum Gasteiger partial charge on any atom is -0.338 e. The van der Waals surface area contributed by atoms with E-state index in [2.05, 4.69) is 31.9 Å². The van der Waals surface area contributed by atoms with Crippen molar-refractivity contribution < 1.29 is 9.59 Å². The average Bonchev–Trinajstić information content (AvgIpc) is 2.93. The molecule has 39 heavy (non-hydrogen) atoms. The van der Waals surface area contributed by atoms with Gasteiger partial charge in [0.25, 0.3) is 0 Å². The first-order chi connectivity index (χ1) is 18.2. The number of hydrogen-bond donors (Lipinski definition) is 6. The summed E-state index contributed by atoms with van der Waals surface area (Å²) in [7, 11) is 0. The van der Waals surface area contributed by atoms with Crippen molar-refractivity contribution in [1.29, 1.82) is 0 Å². The van der Waals surface area contributed by atoms with E-state index >= 15 is 0 Å². The van der Waals surface area contributed by atoms with Gasteiger partial charge in [0.15, 0.2) is 0 Å². The Morgan fingerprint density at radius 1 is 0.436 bits per heavy atom. The molecular weight excluding hydrogens is 535 g/mol. The third kappa shape index (κ3) is 21.0. The number of unbranched alkanes of at least 4 members (excludes halogenated alkanes) is 4. The first-order valence-electron chi connectivity index (χ1n) is 13.8. The van der Waals surface area contributed by atoms with Crippen molar-refractivity contribution in [1.82, 2.24) is 31.9 Å². The van der Waals surface area contributed by atoms with Crippen molar-refractivity contribution in [3.05, 3.63) is 71.8 Å². The average molecular weight is 584 g/mol. The molecule has 0 aromatic heterocycles. The van der Waals surface area contributed by atoms with E-state index in [0.29, 0.717) is 26.2 Å². The minimum atomic E-state index is -0.114. The summed E-state index contributed by atoms with van der Waals surface area (Å²) >= 11 is 0. The lowest BCUT2D eigenvalue weighted by Gasteiger charge is -2.09. The van der Waals surface area contributed by atoms with Crippen molar-refractivity contribution in [3.8, 4) is 0 Å². The van der Waals surface area contributed by atoms with E-state index in [1.165, 1.54) is 32.1 Å². The van der Waals surface area contributed by atoms with Gasteiger partial charge in [0.2, 0.25) is 0 Å². The molecule has 10 heteroatoms. The molecule has 0 fully saturated rings. The van der Waals surface area contributed by atoms with Gasteiger partial charge in [-0.1, -0.05) is 79.9 Å². The summed E-state index contributed by atoms with van der Waals surface area (Å²) in [6.07, 6.45) is 7.99. The summed E-state index contributed by atoms with van der Waals surface area (Å²) in [5.74, 6) is 0. The smallest absolute Gasteiger partial charge is 0.315 e. The standard InChI is InChI=1S/C29H46N6O2.2ClH/c36-28(34-24-26-14-6-4-7-15-26)32-22-12-20-30-18-10-2-1-3-11-19-31-21-13-23-33-29(37)35-25-27-16-8-5-9-17-27;;/h4-9,14-17,30-31H,1-3,10-13,18-25H2,(H2,32,34,36)(H2,33,35,37);2*1H. The van der Waals surface area contributed by atoms with Crippen LogP contribution in [0.1, 0.15) is 56.1 Å². The highest BCUT2D eigenvalue weighted by Gasteiger charge is 2.00. The summed E-state index contributed by atoms with van der Waals surface area (Å²) in [4.78, 5) is 23.6. The van der Waals surface area contributed by atoms with E-state index in [1.54, 1.807) is 0 Å². The van der Waals surface area contributed by atoms with Gasteiger partial charge < -0.3 is 31.9 Å². The minimum absolute atomic E-state index is 0. The number of benzene rings is 2. The van der Waals surface area contributed by atoms with Crippen LogP contribution in [-0.2, 0) is 13.1 Å². The van der Waals surface area contributed by atoms with Crippen molar-refractivity contribution >= 4 is 36.9 Å². The number of rotatable bonds is 20. The fourth-order valence-electron chi connectivity index (χ4n) is 3.79. The maximum Gasteiger partial charge on any atom is 0.315 e. The summed E-state index contributed by atoms with van der Waals surface area (Å²) in [5.41, 5.74) is 2.20. The van der Waals surface area contributed by atoms with Crippen molar-refractivity contribution in [3.63, 3.8) is 0 Å². The first kappa shape index (κ1) is 36.5. The molecule has 220 valence electrons. The maximum absolute atomic E-state index is 11.8. The SMILES string of the molecule is Cl.Cl.O=C(NCCCNCCCCCCCNCCCNC(=O)NCc1ccccc1)NCc1ccccc1. The van der Waals surface area contributed by atoms with E-state index in [9.17, 15) is 9.59 Å². The topological polar surface area (TPSA) is 106 Å². The molecule has 4 amide bonds. The zero-order chi connectivity index (χ0) is 26.2. The number of amides is 4. The second-order valence-electron chi connectivity index (χ2n) is 9.16. The molecule has 0 heterocycles. The van der Waals surface area contributed by atoms with Gasteiger partial charge >= 0.3 is 12.1 Å². The fourth-order valence-corrected chi connectivity index (χ4v) is 3.79. The van der Waals surface area contributed by atoms with Crippen LogP contribution in [0.15, 0.2) is 60.7 Å². The van der Waals surface area contributed by atoms with Crippen LogP contribution in [0.5, 0.6) is 0 Å².